The predicted molar refractivity (Wildman–Crippen MR) is 48.1 cm³/mol. The van der Waals surface area contributed by atoms with E-state index in [0.717, 1.165) is 0 Å². The van der Waals surface area contributed by atoms with E-state index >= 15 is 0 Å². The number of carbonyl (C=O) groups excluding carboxylic acids is 1. The van der Waals surface area contributed by atoms with Gasteiger partial charge in [-0.1, -0.05) is 12.1 Å². The maximum Gasteiger partial charge on any atom is 0.341 e. The van der Waals surface area contributed by atoms with Crippen LogP contribution in [0.25, 0.3) is 0 Å². The molecule has 0 saturated heterocycles. The van der Waals surface area contributed by atoms with Crippen LogP contribution in [0.5, 0.6) is 5.75 Å². The zero-order valence-electron chi connectivity index (χ0n) is 6.61. The highest BCUT2D eigenvalue weighted by Crippen LogP contribution is 2.20. The minimum Gasteiger partial charge on any atom is -0.479 e. The van der Waals surface area contributed by atoms with Gasteiger partial charge in [-0.05, 0) is 12.1 Å². The Morgan fingerprint density at radius 3 is 2.67 bits per heavy atom. The molecule has 1 aromatic carbocycles. The molecular formula is C8H9O3P. The van der Waals surface area contributed by atoms with Crippen LogP contribution in [0.4, 0.5) is 0 Å². The minimum absolute atomic E-state index is 0.395. The third kappa shape index (κ3) is 1.74. The normalized spacial score (nSPS) is 9.17. The van der Waals surface area contributed by atoms with Gasteiger partial charge in [-0.2, -0.15) is 0 Å². The first-order valence-electron chi connectivity index (χ1n) is 3.33. The van der Waals surface area contributed by atoms with Crippen molar-refractivity contribution in [2.45, 2.75) is 0 Å². The molecule has 4 heteroatoms. The van der Waals surface area contributed by atoms with E-state index < -0.39 is 5.97 Å². The Morgan fingerprint density at radius 1 is 1.42 bits per heavy atom. The third-order valence-corrected chi connectivity index (χ3v) is 1.67. The van der Waals surface area contributed by atoms with Gasteiger partial charge in [-0.25, -0.2) is 4.79 Å². The average Bonchev–Trinajstić information content (AvgIpc) is 2.16. The van der Waals surface area contributed by atoms with Gasteiger partial charge in [0.25, 0.3) is 0 Å². The lowest BCUT2D eigenvalue weighted by Crippen LogP contribution is -2.01. The monoisotopic (exact) mass is 184 g/mol. The van der Waals surface area contributed by atoms with Crippen molar-refractivity contribution < 1.29 is 14.1 Å². The summed E-state index contributed by atoms with van der Waals surface area (Å²) in [5, 5.41) is 0. The Balaban J connectivity index is 3.04. The summed E-state index contributed by atoms with van der Waals surface area (Å²) < 4.78 is 9.43. The van der Waals surface area contributed by atoms with Crippen LogP contribution in [0.1, 0.15) is 10.4 Å². The van der Waals surface area contributed by atoms with E-state index in [1.807, 2.05) is 0 Å². The summed E-state index contributed by atoms with van der Waals surface area (Å²) in [5.74, 6) is 0.0994. The van der Waals surface area contributed by atoms with Gasteiger partial charge in [0.15, 0.2) is 0 Å². The molecular weight excluding hydrogens is 175 g/mol. The van der Waals surface area contributed by atoms with Crippen molar-refractivity contribution in [1.29, 1.82) is 0 Å². The molecule has 0 saturated carbocycles. The van der Waals surface area contributed by atoms with Crippen LogP contribution in [0.3, 0.4) is 0 Å². The van der Waals surface area contributed by atoms with Crippen LogP contribution in [0.15, 0.2) is 24.3 Å². The van der Waals surface area contributed by atoms with Crippen LogP contribution < -0.4 is 4.52 Å². The molecule has 0 amide bonds. The molecule has 0 aliphatic rings. The largest absolute Gasteiger partial charge is 0.479 e. The Bertz CT molecular complexity index is 285. The molecule has 1 unspecified atom stereocenters. The number of carbonyl (C=O) groups is 1. The molecule has 3 nitrogen and oxygen atoms in total. The van der Waals surface area contributed by atoms with Crippen molar-refractivity contribution >= 4 is 15.4 Å². The highest BCUT2D eigenvalue weighted by molar-refractivity contribution is 7.10. The predicted octanol–water partition coefficient (Wildman–Crippen LogP) is 1.64. The second kappa shape index (κ2) is 4.07. The van der Waals surface area contributed by atoms with Gasteiger partial charge in [0, 0.05) is 0 Å². The standard InChI is InChI=1S/C8H9O3P/c1-10-8(9)6-4-2-3-5-7(6)11-12/h2-5H,12H2,1H3. The molecule has 0 aromatic heterocycles. The number of ether oxygens (including phenoxy) is 1. The molecule has 0 N–H and O–H groups in total. The molecule has 0 aliphatic heterocycles. The van der Waals surface area contributed by atoms with E-state index in [-0.39, 0.29) is 0 Å². The lowest BCUT2D eigenvalue weighted by molar-refractivity contribution is 0.0599. The summed E-state index contributed by atoms with van der Waals surface area (Å²) in [6.07, 6.45) is 0. The fourth-order valence-electron chi connectivity index (χ4n) is 0.848. The summed E-state index contributed by atoms with van der Waals surface area (Å²) in [4.78, 5) is 11.1. The number of rotatable bonds is 2. The highest BCUT2D eigenvalue weighted by atomic mass is 31.0. The van der Waals surface area contributed by atoms with Gasteiger partial charge < -0.3 is 9.26 Å². The van der Waals surface area contributed by atoms with Crippen LogP contribution in [-0.4, -0.2) is 13.1 Å². The molecule has 0 spiro atoms. The Labute approximate surface area is 73.0 Å². The number of para-hydroxylation sites is 1. The number of hydrogen-bond donors (Lipinski definition) is 0. The van der Waals surface area contributed by atoms with Crippen LogP contribution in [0, 0.1) is 0 Å². The fourth-order valence-corrected chi connectivity index (χ4v) is 1.05. The van der Waals surface area contributed by atoms with Crippen LogP contribution in [0.2, 0.25) is 0 Å². The van der Waals surface area contributed by atoms with E-state index in [4.69, 9.17) is 4.52 Å². The Kier molecular flexibility index (Phi) is 3.06. The van der Waals surface area contributed by atoms with Gasteiger partial charge in [-0.3, -0.25) is 0 Å². The summed E-state index contributed by atoms with van der Waals surface area (Å²) in [6, 6.07) is 6.87. The zero-order valence-corrected chi connectivity index (χ0v) is 7.77. The first-order chi connectivity index (χ1) is 5.79. The SMILES string of the molecule is COC(=O)c1ccccc1OP. The number of hydrogen-bond acceptors (Lipinski definition) is 3. The molecule has 12 heavy (non-hydrogen) atoms. The van der Waals surface area contributed by atoms with Crippen molar-refractivity contribution in [1.82, 2.24) is 0 Å². The molecule has 0 heterocycles. The van der Waals surface area contributed by atoms with Gasteiger partial charge in [0.2, 0.25) is 0 Å². The van der Waals surface area contributed by atoms with E-state index in [9.17, 15) is 4.79 Å². The second-order valence-electron chi connectivity index (χ2n) is 2.11. The topological polar surface area (TPSA) is 35.5 Å². The smallest absolute Gasteiger partial charge is 0.341 e. The van der Waals surface area contributed by atoms with Gasteiger partial charge in [0.05, 0.1) is 16.6 Å². The number of benzene rings is 1. The summed E-state index contributed by atoms with van der Waals surface area (Å²) in [6.45, 7) is 0. The van der Waals surface area contributed by atoms with Crippen LogP contribution in [-0.2, 0) is 4.74 Å². The fraction of sp³-hybridized carbons (Fsp3) is 0.125. The van der Waals surface area contributed by atoms with Crippen molar-refractivity contribution in [3.05, 3.63) is 29.8 Å². The van der Waals surface area contributed by atoms with E-state index in [2.05, 4.69) is 14.2 Å². The van der Waals surface area contributed by atoms with E-state index in [0.29, 0.717) is 11.3 Å². The molecule has 64 valence electrons. The van der Waals surface area contributed by atoms with Crippen molar-refractivity contribution in [3.8, 4) is 5.75 Å². The Morgan fingerprint density at radius 2 is 2.08 bits per heavy atom. The Hall–Kier alpha value is -1.08. The molecule has 1 rings (SSSR count). The first-order valence-corrected chi connectivity index (χ1v) is 3.81. The third-order valence-electron chi connectivity index (χ3n) is 1.42. The zero-order chi connectivity index (χ0) is 8.97. The average molecular weight is 184 g/mol. The minimum atomic E-state index is -0.395. The van der Waals surface area contributed by atoms with E-state index in [1.165, 1.54) is 7.11 Å². The van der Waals surface area contributed by atoms with Crippen molar-refractivity contribution in [3.63, 3.8) is 0 Å². The second-order valence-corrected chi connectivity index (χ2v) is 2.34. The molecule has 0 radical (unpaired) electrons. The van der Waals surface area contributed by atoms with E-state index in [1.54, 1.807) is 24.3 Å². The summed E-state index contributed by atoms with van der Waals surface area (Å²) in [5.41, 5.74) is 0.426. The highest BCUT2D eigenvalue weighted by Gasteiger charge is 2.10. The molecule has 0 bridgehead atoms. The van der Waals surface area contributed by atoms with Crippen LogP contribution >= 0.6 is 9.47 Å². The molecule has 0 aliphatic carbocycles. The summed E-state index contributed by atoms with van der Waals surface area (Å²) in [7, 11) is 3.42. The number of methoxy groups -OCH3 is 1. The maximum absolute atomic E-state index is 11.1. The summed E-state index contributed by atoms with van der Waals surface area (Å²) >= 11 is 0. The van der Waals surface area contributed by atoms with Crippen molar-refractivity contribution in [2.24, 2.45) is 0 Å². The molecule has 1 aromatic rings. The molecule has 0 fully saturated rings. The van der Waals surface area contributed by atoms with Gasteiger partial charge >= 0.3 is 5.97 Å². The number of esters is 1. The van der Waals surface area contributed by atoms with Gasteiger partial charge in [-0.15, -0.1) is 0 Å². The first kappa shape index (κ1) is 9.01. The lowest BCUT2D eigenvalue weighted by atomic mass is 10.2. The van der Waals surface area contributed by atoms with Crippen molar-refractivity contribution in [2.75, 3.05) is 7.11 Å². The lowest BCUT2D eigenvalue weighted by Gasteiger charge is -2.04. The molecule has 1 atom stereocenters. The van der Waals surface area contributed by atoms with Gasteiger partial charge in [0.1, 0.15) is 11.3 Å². The quantitative estimate of drug-likeness (QED) is 0.517. The maximum atomic E-state index is 11.1.